The largest absolute Gasteiger partial charge is 0.497 e. The van der Waals surface area contributed by atoms with Crippen LogP contribution in [-0.2, 0) is 17.6 Å². The molecule has 0 bridgehead atoms. The first-order valence-corrected chi connectivity index (χ1v) is 9.28. The highest BCUT2D eigenvalue weighted by Gasteiger charge is 2.37. The molecular formula is C19H23NO2S. The third kappa shape index (κ3) is 3.03. The number of morpholine rings is 1. The van der Waals surface area contributed by atoms with Gasteiger partial charge in [0.1, 0.15) is 5.75 Å². The van der Waals surface area contributed by atoms with Crippen molar-refractivity contribution >= 4 is 11.3 Å². The number of rotatable bonds is 4. The molecule has 0 saturated carbocycles. The van der Waals surface area contributed by atoms with E-state index in [1.54, 1.807) is 7.11 Å². The van der Waals surface area contributed by atoms with Crippen LogP contribution in [-0.4, -0.2) is 37.7 Å². The fraction of sp³-hybridized carbons (Fsp3) is 0.474. The second-order valence-electron chi connectivity index (χ2n) is 6.33. The number of hydrogen-bond acceptors (Lipinski definition) is 4. The molecule has 1 saturated heterocycles. The average Bonchev–Trinajstić information content (AvgIpc) is 3.12. The zero-order valence-corrected chi connectivity index (χ0v) is 14.3. The van der Waals surface area contributed by atoms with Gasteiger partial charge in [-0.1, -0.05) is 12.1 Å². The van der Waals surface area contributed by atoms with Gasteiger partial charge >= 0.3 is 0 Å². The normalized spacial score (nSPS) is 24.0. The van der Waals surface area contributed by atoms with Crippen LogP contribution in [0, 0.1) is 0 Å². The molecule has 0 spiro atoms. The lowest BCUT2D eigenvalue weighted by molar-refractivity contribution is -0.0798. The van der Waals surface area contributed by atoms with Gasteiger partial charge in [0.05, 0.1) is 19.8 Å². The first kappa shape index (κ1) is 15.2. The number of ether oxygens (including phenoxy) is 2. The van der Waals surface area contributed by atoms with Gasteiger partial charge in [0.2, 0.25) is 0 Å². The fourth-order valence-corrected chi connectivity index (χ4v) is 4.58. The van der Waals surface area contributed by atoms with Crippen LogP contribution in [0.15, 0.2) is 35.7 Å². The van der Waals surface area contributed by atoms with Gasteiger partial charge < -0.3 is 9.47 Å². The Kier molecular flexibility index (Phi) is 4.38. The predicted octanol–water partition coefficient (Wildman–Crippen LogP) is 3.69. The molecule has 2 heterocycles. The van der Waals surface area contributed by atoms with Crippen LogP contribution >= 0.6 is 11.3 Å². The van der Waals surface area contributed by atoms with Crippen LogP contribution in [0.2, 0.25) is 0 Å². The molecule has 4 rings (SSSR count). The van der Waals surface area contributed by atoms with Gasteiger partial charge in [-0.2, -0.15) is 0 Å². The second-order valence-corrected chi connectivity index (χ2v) is 7.36. The van der Waals surface area contributed by atoms with Crippen molar-refractivity contribution in [3.05, 3.63) is 51.7 Å². The summed E-state index contributed by atoms with van der Waals surface area (Å²) in [7, 11) is 1.73. The van der Waals surface area contributed by atoms with E-state index in [0.717, 1.165) is 38.3 Å². The Morgan fingerprint density at radius 2 is 2.30 bits per heavy atom. The Hall–Kier alpha value is -1.36. The van der Waals surface area contributed by atoms with Gasteiger partial charge in [-0.25, -0.2) is 0 Å². The lowest BCUT2D eigenvalue weighted by atomic mass is 9.84. The molecule has 1 aliphatic heterocycles. The van der Waals surface area contributed by atoms with Crippen LogP contribution in [0.5, 0.6) is 5.75 Å². The van der Waals surface area contributed by atoms with Gasteiger partial charge in [-0.15, -0.1) is 11.3 Å². The predicted molar refractivity (Wildman–Crippen MR) is 93.4 cm³/mol. The van der Waals surface area contributed by atoms with Crippen LogP contribution in [0.3, 0.4) is 0 Å². The molecule has 2 atom stereocenters. The summed E-state index contributed by atoms with van der Waals surface area (Å²) < 4.78 is 11.6. The molecule has 0 radical (unpaired) electrons. The number of methoxy groups -OCH3 is 1. The molecular weight excluding hydrogens is 306 g/mol. The summed E-state index contributed by atoms with van der Waals surface area (Å²) >= 11 is 1.86. The Morgan fingerprint density at radius 3 is 3.13 bits per heavy atom. The SMILES string of the molecule is COc1ccc2c(c1)[C@H]1OCCN(CCc3cccs3)[C@@H]1CC2. The van der Waals surface area contributed by atoms with Crippen molar-refractivity contribution in [3.63, 3.8) is 0 Å². The standard InChI is InChI=1S/C19H23NO2S/c1-21-15-6-4-14-5-7-18-19(17(14)13-15)22-11-10-20(18)9-8-16-3-2-12-23-16/h2-4,6,12-13,18-19H,5,7-11H2,1H3/t18-,19-/m1/s1. The fourth-order valence-electron chi connectivity index (χ4n) is 3.88. The molecule has 1 aliphatic carbocycles. The minimum atomic E-state index is 0.200. The van der Waals surface area contributed by atoms with Crippen molar-refractivity contribution in [2.45, 2.75) is 31.4 Å². The Balaban J connectivity index is 1.52. The van der Waals surface area contributed by atoms with Gasteiger partial charge in [-0.3, -0.25) is 4.90 Å². The highest BCUT2D eigenvalue weighted by Crippen LogP contribution is 2.39. The van der Waals surface area contributed by atoms with Gasteiger partial charge in [-0.05, 0) is 54.0 Å². The van der Waals surface area contributed by atoms with E-state index < -0.39 is 0 Å². The van der Waals surface area contributed by atoms with Crippen molar-refractivity contribution in [3.8, 4) is 5.75 Å². The van der Waals surface area contributed by atoms with Crippen molar-refractivity contribution in [1.82, 2.24) is 4.90 Å². The van der Waals surface area contributed by atoms with E-state index in [0.29, 0.717) is 6.04 Å². The maximum Gasteiger partial charge on any atom is 0.119 e. The highest BCUT2D eigenvalue weighted by molar-refractivity contribution is 7.09. The monoisotopic (exact) mass is 329 g/mol. The summed E-state index contributed by atoms with van der Waals surface area (Å²) in [4.78, 5) is 4.11. The molecule has 2 aliphatic rings. The first-order chi connectivity index (χ1) is 11.3. The lowest BCUT2D eigenvalue weighted by Crippen LogP contribution is -2.49. The number of fused-ring (bicyclic) bond motifs is 3. The summed E-state index contributed by atoms with van der Waals surface area (Å²) in [5.41, 5.74) is 2.76. The maximum absolute atomic E-state index is 6.18. The molecule has 1 fully saturated rings. The van der Waals surface area contributed by atoms with E-state index in [-0.39, 0.29) is 6.10 Å². The van der Waals surface area contributed by atoms with Gasteiger partial charge in [0, 0.05) is 24.0 Å². The lowest BCUT2D eigenvalue weighted by Gasteiger charge is -2.44. The molecule has 4 heteroatoms. The smallest absolute Gasteiger partial charge is 0.119 e. The number of thiophene rings is 1. The molecule has 122 valence electrons. The van der Waals surface area contributed by atoms with Crippen LogP contribution in [0.25, 0.3) is 0 Å². The minimum absolute atomic E-state index is 0.200. The van der Waals surface area contributed by atoms with Gasteiger partial charge in [0.25, 0.3) is 0 Å². The summed E-state index contributed by atoms with van der Waals surface area (Å²) in [5, 5.41) is 2.17. The highest BCUT2D eigenvalue weighted by atomic mass is 32.1. The summed E-state index contributed by atoms with van der Waals surface area (Å²) in [5.74, 6) is 0.934. The molecule has 0 unspecified atom stereocenters. The molecule has 2 aromatic rings. The summed E-state index contributed by atoms with van der Waals surface area (Å²) in [6.07, 6.45) is 3.67. The maximum atomic E-state index is 6.18. The number of hydrogen-bond donors (Lipinski definition) is 0. The second kappa shape index (κ2) is 6.63. The van der Waals surface area contributed by atoms with E-state index >= 15 is 0 Å². The quantitative estimate of drug-likeness (QED) is 0.854. The van der Waals surface area contributed by atoms with Crippen molar-refractivity contribution in [1.29, 1.82) is 0 Å². The van der Waals surface area contributed by atoms with Crippen LogP contribution in [0.1, 0.15) is 28.5 Å². The summed E-state index contributed by atoms with van der Waals surface area (Å²) in [6, 6.07) is 11.3. The third-order valence-electron chi connectivity index (χ3n) is 5.09. The number of aryl methyl sites for hydroxylation is 1. The first-order valence-electron chi connectivity index (χ1n) is 8.40. The molecule has 3 nitrogen and oxygen atoms in total. The van der Waals surface area contributed by atoms with Crippen LogP contribution < -0.4 is 4.74 Å². The van der Waals surface area contributed by atoms with Gasteiger partial charge in [0.15, 0.2) is 0 Å². The van der Waals surface area contributed by atoms with E-state index in [2.05, 4.69) is 40.6 Å². The molecule has 1 aromatic carbocycles. The Bertz CT molecular complexity index is 655. The van der Waals surface area contributed by atoms with Crippen molar-refractivity contribution in [2.75, 3.05) is 26.8 Å². The molecule has 0 N–H and O–H groups in total. The molecule has 23 heavy (non-hydrogen) atoms. The summed E-state index contributed by atoms with van der Waals surface area (Å²) in [6.45, 7) is 3.00. The van der Waals surface area contributed by atoms with Crippen molar-refractivity contribution in [2.24, 2.45) is 0 Å². The molecule has 0 amide bonds. The van der Waals surface area contributed by atoms with Crippen LogP contribution in [0.4, 0.5) is 0 Å². The number of benzene rings is 1. The zero-order chi connectivity index (χ0) is 15.6. The average molecular weight is 329 g/mol. The van der Waals surface area contributed by atoms with E-state index in [1.807, 2.05) is 11.3 Å². The third-order valence-corrected chi connectivity index (χ3v) is 6.03. The van der Waals surface area contributed by atoms with E-state index in [4.69, 9.17) is 9.47 Å². The Morgan fingerprint density at radius 1 is 1.35 bits per heavy atom. The number of nitrogens with zero attached hydrogens (tertiary/aromatic N) is 1. The molecule has 1 aromatic heterocycles. The van der Waals surface area contributed by atoms with E-state index in [9.17, 15) is 0 Å². The van der Waals surface area contributed by atoms with Crippen molar-refractivity contribution < 1.29 is 9.47 Å². The van der Waals surface area contributed by atoms with E-state index in [1.165, 1.54) is 22.4 Å². The minimum Gasteiger partial charge on any atom is -0.497 e. The zero-order valence-electron chi connectivity index (χ0n) is 13.5. The Labute approximate surface area is 141 Å². The topological polar surface area (TPSA) is 21.7 Å².